The number of carbonyl (C=O) groups is 1. The van der Waals surface area contributed by atoms with E-state index < -0.39 is 6.04 Å². The number of benzene rings is 2. The van der Waals surface area contributed by atoms with Crippen LogP contribution in [-0.2, 0) is 16.0 Å². The van der Waals surface area contributed by atoms with E-state index in [1.807, 2.05) is 55.6 Å². The van der Waals surface area contributed by atoms with Crippen molar-refractivity contribution in [3.05, 3.63) is 64.7 Å². The zero-order chi connectivity index (χ0) is 24.5. The van der Waals surface area contributed by atoms with E-state index in [-0.39, 0.29) is 11.6 Å². The molecule has 0 aliphatic heterocycles. The molecule has 1 unspecified atom stereocenters. The predicted molar refractivity (Wildman–Crippen MR) is 137 cm³/mol. The summed E-state index contributed by atoms with van der Waals surface area (Å²) in [5, 5.41) is 3.52. The van der Waals surface area contributed by atoms with Crippen LogP contribution in [0.15, 0.2) is 58.2 Å². The van der Waals surface area contributed by atoms with Gasteiger partial charge in [0.1, 0.15) is 5.82 Å². The van der Waals surface area contributed by atoms with Gasteiger partial charge in [0.15, 0.2) is 0 Å². The van der Waals surface area contributed by atoms with Crippen LogP contribution in [0, 0.1) is 0 Å². The molecule has 0 aliphatic rings. The van der Waals surface area contributed by atoms with Crippen LogP contribution in [0.2, 0.25) is 0 Å². The number of amides is 2. The number of thioether (sulfide) groups is 1. The number of hydrogen-bond donors (Lipinski definition) is 1. The minimum atomic E-state index is -0.435. The predicted octanol–water partition coefficient (Wildman–Crippen LogP) is 4.40. The van der Waals surface area contributed by atoms with Crippen molar-refractivity contribution < 1.29 is 14.3 Å². The first-order chi connectivity index (χ1) is 16.5. The molecule has 2 amide bonds. The Bertz CT molecular complexity index is 1150. The van der Waals surface area contributed by atoms with Crippen LogP contribution >= 0.6 is 11.8 Å². The number of urea groups is 1. The van der Waals surface area contributed by atoms with Crippen LogP contribution in [0.5, 0.6) is 0 Å². The molecule has 34 heavy (non-hydrogen) atoms. The van der Waals surface area contributed by atoms with Gasteiger partial charge >= 0.3 is 6.03 Å². The Morgan fingerprint density at radius 2 is 1.82 bits per heavy atom. The van der Waals surface area contributed by atoms with Crippen molar-refractivity contribution in [1.29, 1.82) is 0 Å². The Kier molecular flexibility index (Phi) is 9.50. The van der Waals surface area contributed by atoms with Crippen LogP contribution in [-0.4, -0.2) is 60.7 Å². The Morgan fingerprint density at radius 1 is 1.12 bits per heavy atom. The summed E-state index contributed by atoms with van der Waals surface area (Å²) >= 11 is 1.64. The summed E-state index contributed by atoms with van der Waals surface area (Å²) in [6.07, 6.45) is 2.58. The first kappa shape index (κ1) is 25.7. The van der Waals surface area contributed by atoms with Crippen LogP contribution < -0.4 is 10.9 Å². The Hall–Kier alpha value is -2.88. The van der Waals surface area contributed by atoms with E-state index in [9.17, 15) is 9.59 Å². The van der Waals surface area contributed by atoms with E-state index in [2.05, 4.69) is 5.32 Å². The summed E-state index contributed by atoms with van der Waals surface area (Å²) in [4.78, 5) is 34.4. The fourth-order valence-corrected chi connectivity index (χ4v) is 4.25. The van der Waals surface area contributed by atoms with Gasteiger partial charge in [0, 0.05) is 31.3 Å². The maximum absolute atomic E-state index is 13.4. The molecule has 1 heterocycles. The average molecular weight is 485 g/mol. The fraction of sp³-hybridized carbons (Fsp3) is 0.400. The molecular weight excluding hydrogens is 452 g/mol. The van der Waals surface area contributed by atoms with E-state index in [4.69, 9.17) is 14.5 Å². The number of nitrogens with one attached hydrogen (secondary N) is 1. The van der Waals surface area contributed by atoms with Gasteiger partial charge in [-0.1, -0.05) is 19.1 Å². The number of rotatable bonds is 11. The van der Waals surface area contributed by atoms with Crippen LogP contribution in [0.25, 0.3) is 10.9 Å². The molecule has 1 atom stereocenters. The monoisotopic (exact) mass is 484 g/mol. The first-order valence-electron chi connectivity index (χ1n) is 11.2. The normalized spacial score (nSPS) is 12.0. The number of carbonyl (C=O) groups excluding carboxylic acids is 1. The molecule has 8 nitrogen and oxygen atoms in total. The van der Waals surface area contributed by atoms with Gasteiger partial charge in [-0.15, -0.1) is 11.8 Å². The lowest BCUT2D eigenvalue weighted by Crippen LogP contribution is -2.43. The summed E-state index contributed by atoms with van der Waals surface area (Å²) in [6.45, 7) is 3.37. The van der Waals surface area contributed by atoms with Crippen molar-refractivity contribution >= 4 is 34.4 Å². The minimum Gasteiger partial charge on any atom is -0.383 e. The average Bonchev–Trinajstić information content (AvgIpc) is 2.86. The lowest BCUT2D eigenvalue weighted by molar-refractivity contribution is 0.128. The smallest absolute Gasteiger partial charge is 0.322 e. The van der Waals surface area contributed by atoms with E-state index in [0.29, 0.717) is 55.1 Å². The van der Waals surface area contributed by atoms with E-state index in [0.717, 1.165) is 4.90 Å². The highest BCUT2D eigenvalue weighted by Gasteiger charge is 2.28. The summed E-state index contributed by atoms with van der Waals surface area (Å²) in [5.74, 6) is 0.534. The topological polar surface area (TPSA) is 85.7 Å². The van der Waals surface area contributed by atoms with Crippen molar-refractivity contribution in [2.45, 2.75) is 30.8 Å². The second kappa shape index (κ2) is 12.5. The molecule has 1 aromatic heterocycles. The van der Waals surface area contributed by atoms with E-state index >= 15 is 0 Å². The van der Waals surface area contributed by atoms with Crippen LogP contribution in [0.1, 0.15) is 25.2 Å². The first-order valence-corrected chi connectivity index (χ1v) is 12.5. The van der Waals surface area contributed by atoms with Gasteiger partial charge in [-0.2, -0.15) is 0 Å². The van der Waals surface area contributed by atoms with Gasteiger partial charge < -0.3 is 19.7 Å². The largest absolute Gasteiger partial charge is 0.383 e. The Balaban J connectivity index is 2.03. The molecular formula is C25H32N4O4S. The molecule has 3 rings (SSSR count). The number of nitrogens with zero attached hydrogens (tertiary/aromatic N) is 3. The molecule has 0 saturated carbocycles. The van der Waals surface area contributed by atoms with Gasteiger partial charge in [0.05, 0.1) is 36.7 Å². The quantitative estimate of drug-likeness (QED) is 0.406. The third-order valence-electron chi connectivity index (χ3n) is 5.61. The lowest BCUT2D eigenvalue weighted by Gasteiger charge is -2.32. The van der Waals surface area contributed by atoms with Gasteiger partial charge in [-0.25, -0.2) is 9.78 Å². The molecule has 0 aliphatic carbocycles. The maximum Gasteiger partial charge on any atom is 0.322 e. The molecule has 0 fully saturated rings. The molecule has 1 N–H and O–H groups in total. The van der Waals surface area contributed by atoms with E-state index in [1.165, 1.54) is 0 Å². The van der Waals surface area contributed by atoms with Crippen molar-refractivity contribution in [1.82, 2.24) is 14.5 Å². The zero-order valence-corrected chi connectivity index (χ0v) is 20.9. The number of ether oxygens (including phenoxy) is 2. The third-order valence-corrected chi connectivity index (χ3v) is 6.35. The summed E-state index contributed by atoms with van der Waals surface area (Å²) in [6, 6.07) is 14.2. The molecule has 3 aromatic rings. The number of para-hydroxylation sites is 1. The highest BCUT2D eigenvalue weighted by atomic mass is 32.2. The number of anilines is 1. The second-order valence-electron chi connectivity index (χ2n) is 7.71. The standard InChI is InChI=1S/C25H32N4O4S/c1-5-22(23-27-21-9-7-6-8-20(21)24(30)29(23)15-17-33-3)28(14-16-32-2)25(31)26-18-10-12-19(34-4)13-11-18/h6-13,22H,5,14-17H2,1-4H3,(H,26,31). The summed E-state index contributed by atoms with van der Waals surface area (Å²) in [7, 11) is 3.19. The van der Waals surface area contributed by atoms with Crippen LogP contribution in [0.4, 0.5) is 10.5 Å². The number of methoxy groups -OCH3 is 2. The number of fused-ring (bicyclic) bond motifs is 1. The van der Waals surface area contributed by atoms with Crippen molar-refractivity contribution in [2.75, 3.05) is 45.6 Å². The van der Waals surface area contributed by atoms with Crippen molar-refractivity contribution in [3.63, 3.8) is 0 Å². The van der Waals surface area contributed by atoms with Gasteiger partial charge in [-0.05, 0) is 49.1 Å². The second-order valence-corrected chi connectivity index (χ2v) is 8.59. The molecule has 0 spiro atoms. The Morgan fingerprint density at radius 3 is 2.47 bits per heavy atom. The summed E-state index contributed by atoms with van der Waals surface area (Å²) in [5.41, 5.74) is 1.16. The van der Waals surface area contributed by atoms with Crippen molar-refractivity contribution in [2.24, 2.45) is 0 Å². The van der Waals surface area contributed by atoms with Crippen LogP contribution in [0.3, 0.4) is 0 Å². The van der Waals surface area contributed by atoms with E-state index in [1.54, 1.807) is 41.5 Å². The SMILES string of the molecule is CCC(c1nc2ccccc2c(=O)n1CCOC)N(CCOC)C(=O)Nc1ccc(SC)cc1. The van der Waals surface area contributed by atoms with Gasteiger partial charge in [0.2, 0.25) is 0 Å². The van der Waals surface area contributed by atoms with Gasteiger partial charge in [-0.3, -0.25) is 9.36 Å². The molecule has 0 saturated heterocycles. The third kappa shape index (κ3) is 5.97. The fourth-order valence-electron chi connectivity index (χ4n) is 3.84. The van der Waals surface area contributed by atoms with Gasteiger partial charge in [0.25, 0.3) is 5.56 Å². The zero-order valence-electron chi connectivity index (χ0n) is 20.1. The number of aromatic nitrogens is 2. The molecule has 2 aromatic carbocycles. The molecule has 0 radical (unpaired) electrons. The Labute approximate surface area is 204 Å². The summed E-state index contributed by atoms with van der Waals surface area (Å²) < 4.78 is 12.2. The molecule has 9 heteroatoms. The lowest BCUT2D eigenvalue weighted by atomic mass is 10.1. The number of hydrogen-bond acceptors (Lipinski definition) is 6. The van der Waals surface area contributed by atoms with Crippen molar-refractivity contribution in [3.8, 4) is 0 Å². The molecule has 182 valence electrons. The highest BCUT2D eigenvalue weighted by molar-refractivity contribution is 7.98. The molecule has 0 bridgehead atoms. The minimum absolute atomic E-state index is 0.143. The highest BCUT2D eigenvalue weighted by Crippen LogP contribution is 2.25. The maximum atomic E-state index is 13.4.